The zero-order valence-corrected chi connectivity index (χ0v) is 14.6. The molecule has 24 heavy (non-hydrogen) atoms. The molecule has 0 radical (unpaired) electrons. The highest BCUT2D eigenvalue weighted by molar-refractivity contribution is 5.93. The van der Waals surface area contributed by atoms with E-state index >= 15 is 0 Å². The van der Waals surface area contributed by atoms with E-state index in [4.69, 9.17) is 9.15 Å². The van der Waals surface area contributed by atoms with E-state index in [1.165, 1.54) is 6.39 Å². The van der Waals surface area contributed by atoms with E-state index in [0.717, 1.165) is 57.6 Å². The summed E-state index contributed by atoms with van der Waals surface area (Å²) >= 11 is 0. The van der Waals surface area contributed by atoms with Gasteiger partial charge in [-0.2, -0.15) is 0 Å². The maximum Gasteiger partial charge on any atom is 0.276 e. The third kappa shape index (κ3) is 3.22. The lowest BCUT2D eigenvalue weighted by Gasteiger charge is -2.43. The molecule has 2 atom stereocenters. The number of carbonyl (C=O) groups excluding carboxylic acids is 1. The van der Waals surface area contributed by atoms with Crippen LogP contribution in [0.25, 0.3) is 0 Å². The molecule has 1 amide bonds. The summed E-state index contributed by atoms with van der Waals surface area (Å²) in [7, 11) is 0. The number of ether oxygens (including phenoxy) is 1. The Balaban J connectivity index is 1.35. The van der Waals surface area contributed by atoms with Gasteiger partial charge < -0.3 is 14.1 Å². The predicted molar refractivity (Wildman–Crippen MR) is 89.0 cm³/mol. The van der Waals surface area contributed by atoms with Crippen molar-refractivity contribution < 1.29 is 13.9 Å². The van der Waals surface area contributed by atoms with Crippen molar-refractivity contribution in [2.24, 2.45) is 0 Å². The van der Waals surface area contributed by atoms with Crippen molar-refractivity contribution >= 4 is 5.91 Å². The zero-order chi connectivity index (χ0) is 16.7. The second-order valence-electron chi connectivity index (χ2n) is 7.57. The number of aromatic nitrogens is 1. The highest BCUT2D eigenvalue weighted by atomic mass is 16.5. The van der Waals surface area contributed by atoms with Gasteiger partial charge >= 0.3 is 0 Å². The summed E-state index contributed by atoms with van der Waals surface area (Å²) in [5.41, 5.74) is 0.546. The van der Waals surface area contributed by atoms with E-state index in [9.17, 15) is 4.79 Å². The topological polar surface area (TPSA) is 58.8 Å². The van der Waals surface area contributed by atoms with E-state index in [0.29, 0.717) is 29.9 Å². The SMILES string of the molecule is C[C@@H]1CN(C2CCN(C(=O)c3ncoc3C3CC3)CC2)C[C@H](C)O1. The molecule has 0 N–H and O–H groups in total. The van der Waals surface area contributed by atoms with Crippen LogP contribution in [-0.4, -0.2) is 65.1 Å². The van der Waals surface area contributed by atoms with Gasteiger partial charge in [0.2, 0.25) is 0 Å². The number of hydrogen-bond acceptors (Lipinski definition) is 5. The van der Waals surface area contributed by atoms with E-state index in [1.807, 2.05) is 4.90 Å². The van der Waals surface area contributed by atoms with Gasteiger partial charge in [0.05, 0.1) is 12.2 Å². The Kier molecular flexibility index (Phi) is 4.35. The largest absolute Gasteiger partial charge is 0.447 e. The third-order valence-corrected chi connectivity index (χ3v) is 5.46. The molecule has 2 aliphatic heterocycles. The first-order valence-electron chi connectivity index (χ1n) is 9.24. The van der Waals surface area contributed by atoms with Crippen LogP contribution in [0.1, 0.15) is 61.7 Å². The van der Waals surface area contributed by atoms with Gasteiger partial charge in [-0.05, 0) is 39.5 Å². The quantitative estimate of drug-likeness (QED) is 0.849. The second-order valence-corrected chi connectivity index (χ2v) is 7.57. The van der Waals surface area contributed by atoms with Crippen LogP contribution in [0.5, 0.6) is 0 Å². The molecule has 1 aliphatic carbocycles. The average molecular weight is 333 g/mol. The summed E-state index contributed by atoms with van der Waals surface area (Å²) in [4.78, 5) is 21.5. The molecular formula is C18H27N3O3. The lowest BCUT2D eigenvalue weighted by molar-refractivity contribution is -0.0856. The number of hydrogen-bond donors (Lipinski definition) is 0. The number of morpholine rings is 1. The zero-order valence-electron chi connectivity index (χ0n) is 14.6. The van der Waals surface area contributed by atoms with Crippen molar-refractivity contribution in [3.63, 3.8) is 0 Å². The smallest absolute Gasteiger partial charge is 0.276 e. The first kappa shape index (κ1) is 16.1. The van der Waals surface area contributed by atoms with Crippen LogP contribution >= 0.6 is 0 Å². The molecule has 2 saturated heterocycles. The van der Waals surface area contributed by atoms with Crippen LogP contribution in [0.2, 0.25) is 0 Å². The van der Waals surface area contributed by atoms with E-state index in [1.54, 1.807) is 0 Å². The Morgan fingerprint density at radius 2 is 1.79 bits per heavy atom. The number of likely N-dealkylation sites (tertiary alicyclic amines) is 1. The van der Waals surface area contributed by atoms with Crippen molar-refractivity contribution in [3.05, 3.63) is 17.8 Å². The van der Waals surface area contributed by atoms with Crippen molar-refractivity contribution in [3.8, 4) is 0 Å². The Hall–Kier alpha value is -1.40. The molecule has 3 fully saturated rings. The molecule has 1 saturated carbocycles. The minimum absolute atomic E-state index is 0.0489. The van der Waals surface area contributed by atoms with Gasteiger partial charge in [-0.25, -0.2) is 4.98 Å². The maximum absolute atomic E-state index is 12.8. The number of piperidine rings is 1. The van der Waals surface area contributed by atoms with Crippen molar-refractivity contribution in [1.29, 1.82) is 0 Å². The average Bonchev–Trinajstić information content (AvgIpc) is 3.30. The molecule has 0 unspecified atom stereocenters. The molecular weight excluding hydrogens is 306 g/mol. The van der Waals surface area contributed by atoms with Gasteiger partial charge in [-0.1, -0.05) is 0 Å². The van der Waals surface area contributed by atoms with Crippen molar-refractivity contribution in [2.45, 2.75) is 63.7 Å². The molecule has 132 valence electrons. The van der Waals surface area contributed by atoms with Crippen LogP contribution in [0, 0.1) is 0 Å². The molecule has 6 nitrogen and oxygen atoms in total. The predicted octanol–water partition coefficient (Wildman–Crippen LogP) is 2.27. The van der Waals surface area contributed by atoms with Crippen LogP contribution in [0.4, 0.5) is 0 Å². The first-order valence-corrected chi connectivity index (χ1v) is 9.24. The summed E-state index contributed by atoms with van der Waals surface area (Å²) in [5, 5.41) is 0. The lowest BCUT2D eigenvalue weighted by Crippen LogP contribution is -2.53. The molecule has 0 spiro atoms. The van der Waals surface area contributed by atoms with Gasteiger partial charge in [0.25, 0.3) is 5.91 Å². The van der Waals surface area contributed by atoms with Gasteiger partial charge in [0, 0.05) is 38.1 Å². The summed E-state index contributed by atoms with van der Waals surface area (Å²) in [5.74, 6) is 1.27. The van der Waals surface area contributed by atoms with E-state index in [-0.39, 0.29) is 5.91 Å². The molecule has 4 rings (SSSR count). The minimum Gasteiger partial charge on any atom is -0.447 e. The number of oxazole rings is 1. The molecule has 0 aromatic carbocycles. The van der Waals surface area contributed by atoms with E-state index < -0.39 is 0 Å². The summed E-state index contributed by atoms with van der Waals surface area (Å²) in [6.45, 7) is 7.90. The van der Waals surface area contributed by atoms with Gasteiger partial charge in [-0.3, -0.25) is 9.69 Å². The molecule has 1 aromatic heterocycles. The first-order chi connectivity index (χ1) is 11.6. The second kappa shape index (κ2) is 6.48. The molecule has 1 aromatic rings. The lowest BCUT2D eigenvalue weighted by atomic mass is 10.0. The fraction of sp³-hybridized carbons (Fsp3) is 0.778. The number of carbonyl (C=O) groups is 1. The highest BCUT2D eigenvalue weighted by Gasteiger charge is 2.36. The Morgan fingerprint density at radius 3 is 2.42 bits per heavy atom. The van der Waals surface area contributed by atoms with Crippen LogP contribution in [0.15, 0.2) is 10.8 Å². The minimum atomic E-state index is 0.0489. The van der Waals surface area contributed by atoms with Crippen molar-refractivity contribution in [2.75, 3.05) is 26.2 Å². The highest BCUT2D eigenvalue weighted by Crippen LogP contribution is 2.41. The van der Waals surface area contributed by atoms with E-state index in [2.05, 4.69) is 23.7 Å². The Bertz CT molecular complexity index is 580. The Labute approximate surface area is 143 Å². The maximum atomic E-state index is 12.8. The van der Waals surface area contributed by atoms with Crippen LogP contribution < -0.4 is 0 Å². The van der Waals surface area contributed by atoms with Gasteiger partial charge in [0.1, 0.15) is 5.76 Å². The molecule has 3 aliphatic rings. The number of nitrogens with zero attached hydrogens (tertiary/aromatic N) is 3. The third-order valence-electron chi connectivity index (χ3n) is 5.46. The summed E-state index contributed by atoms with van der Waals surface area (Å²) in [6, 6.07) is 0.558. The number of amides is 1. The van der Waals surface area contributed by atoms with Crippen LogP contribution in [0.3, 0.4) is 0 Å². The van der Waals surface area contributed by atoms with Gasteiger partial charge in [-0.15, -0.1) is 0 Å². The fourth-order valence-electron chi connectivity index (χ4n) is 4.15. The molecule has 6 heteroatoms. The fourth-order valence-corrected chi connectivity index (χ4v) is 4.15. The molecule has 3 heterocycles. The summed E-state index contributed by atoms with van der Waals surface area (Å²) in [6.07, 6.45) is 6.30. The van der Waals surface area contributed by atoms with Gasteiger partial charge in [0.15, 0.2) is 12.1 Å². The number of rotatable bonds is 3. The van der Waals surface area contributed by atoms with Crippen molar-refractivity contribution in [1.82, 2.24) is 14.8 Å². The normalized spacial score (nSPS) is 29.8. The summed E-state index contributed by atoms with van der Waals surface area (Å²) < 4.78 is 11.3. The molecule has 0 bridgehead atoms. The Morgan fingerprint density at radius 1 is 1.12 bits per heavy atom. The monoisotopic (exact) mass is 333 g/mol. The van der Waals surface area contributed by atoms with Crippen LogP contribution in [-0.2, 0) is 4.74 Å². The standard InChI is InChI=1S/C18H27N3O3/c1-12-9-21(10-13(2)24-12)15-5-7-20(8-6-15)18(22)16-17(14-3-4-14)23-11-19-16/h11-15H,3-10H2,1-2H3/t12-,13+.